The number of carboxylic acid groups (broad SMARTS) is 2. The zero-order valence-corrected chi connectivity index (χ0v) is 12.8. The zero-order valence-electron chi connectivity index (χ0n) is 12.8. The summed E-state index contributed by atoms with van der Waals surface area (Å²) in [4.78, 5) is 20.9. The number of aliphatic carboxylic acids is 2. The fourth-order valence-corrected chi connectivity index (χ4v) is 1.72. The average Bonchev–Trinajstić information content (AvgIpc) is 2.25. The minimum Gasteiger partial charge on any atom is -0.481 e. The van der Waals surface area contributed by atoms with Crippen molar-refractivity contribution in [2.75, 3.05) is 0 Å². The molecule has 6 nitrogen and oxygen atoms in total. The first-order valence-electron chi connectivity index (χ1n) is 6.92. The molecule has 0 spiro atoms. The van der Waals surface area contributed by atoms with Crippen LogP contribution in [0.25, 0.3) is 0 Å². The Bertz CT molecular complexity index is 328. The summed E-state index contributed by atoms with van der Waals surface area (Å²) in [5.41, 5.74) is -0.779. The van der Waals surface area contributed by atoms with Crippen molar-refractivity contribution in [3.05, 3.63) is 0 Å². The molecule has 0 unspecified atom stereocenters. The van der Waals surface area contributed by atoms with Crippen molar-refractivity contribution < 1.29 is 19.8 Å². The Balaban J connectivity index is 4.27. The lowest BCUT2D eigenvalue weighted by Gasteiger charge is -2.22. The molecule has 0 aromatic rings. The Morgan fingerprint density at radius 3 is 1.35 bits per heavy atom. The third-order valence-corrected chi connectivity index (χ3v) is 2.95. The first-order chi connectivity index (χ1) is 9.04. The van der Waals surface area contributed by atoms with Crippen molar-refractivity contribution in [1.82, 2.24) is 0 Å². The monoisotopic (exact) mass is 286 g/mol. The van der Waals surface area contributed by atoms with Crippen LogP contribution in [0.2, 0.25) is 0 Å². The van der Waals surface area contributed by atoms with Gasteiger partial charge in [0.05, 0.1) is 11.1 Å². The van der Waals surface area contributed by atoms with Gasteiger partial charge in [0.2, 0.25) is 0 Å². The summed E-state index contributed by atoms with van der Waals surface area (Å²) >= 11 is 0. The van der Waals surface area contributed by atoms with Gasteiger partial charge in [-0.15, -0.1) is 0 Å². The molecule has 0 radical (unpaired) electrons. The van der Waals surface area contributed by atoms with E-state index in [1.807, 2.05) is 27.7 Å². The van der Waals surface area contributed by atoms with Crippen LogP contribution in [0.15, 0.2) is 10.2 Å². The van der Waals surface area contributed by atoms with E-state index in [-0.39, 0.29) is 23.9 Å². The van der Waals surface area contributed by atoms with Gasteiger partial charge in [-0.2, -0.15) is 10.2 Å². The molecule has 0 fully saturated rings. The van der Waals surface area contributed by atoms with E-state index in [0.29, 0.717) is 25.7 Å². The van der Waals surface area contributed by atoms with E-state index in [1.165, 1.54) is 0 Å². The highest BCUT2D eigenvalue weighted by molar-refractivity contribution is 5.66. The second-order valence-electron chi connectivity index (χ2n) is 6.32. The number of carboxylic acids is 2. The number of nitrogens with zero attached hydrogens (tertiary/aromatic N) is 2. The molecule has 0 rings (SSSR count). The summed E-state index contributed by atoms with van der Waals surface area (Å²) in [5, 5.41) is 25.8. The van der Waals surface area contributed by atoms with Crippen LogP contribution >= 0.6 is 0 Å². The van der Waals surface area contributed by atoms with Gasteiger partial charge < -0.3 is 10.2 Å². The third kappa shape index (κ3) is 10.5. The molecule has 0 saturated carbocycles. The summed E-state index contributed by atoms with van der Waals surface area (Å²) in [7, 11) is 0. The van der Waals surface area contributed by atoms with Crippen molar-refractivity contribution in [1.29, 1.82) is 0 Å². The Morgan fingerprint density at radius 2 is 1.10 bits per heavy atom. The van der Waals surface area contributed by atoms with Crippen LogP contribution in [0, 0.1) is 0 Å². The quantitative estimate of drug-likeness (QED) is 0.600. The van der Waals surface area contributed by atoms with Gasteiger partial charge in [0.25, 0.3) is 0 Å². The largest absolute Gasteiger partial charge is 0.481 e. The second kappa shape index (κ2) is 7.97. The molecule has 2 N–H and O–H groups in total. The second-order valence-corrected chi connectivity index (χ2v) is 6.32. The maximum Gasteiger partial charge on any atom is 0.303 e. The highest BCUT2D eigenvalue weighted by Gasteiger charge is 2.21. The lowest BCUT2D eigenvalue weighted by molar-refractivity contribution is -0.138. The van der Waals surface area contributed by atoms with Crippen LogP contribution in [0.4, 0.5) is 0 Å². The average molecular weight is 286 g/mol. The Hall–Kier alpha value is -1.46. The molecule has 0 aromatic heterocycles. The first kappa shape index (κ1) is 18.5. The number of azo groups is 1. The number of hydrogen-bond donors (Lipinski definition) is 2. The molecule has 0 atom stereocenters. The Kier molecular flexibility index (Phi) is 7.39. The predicted octanol–water partition coefficient (Wildman–Crippen LogP) is 3.51. The van der Waals surface area contributed by atoms with Crippen LogP contribution < -0.4 is 0 Å². The van der Waals surface area contributed by atoms with Gasteiger partial charge in [0.15, 0.2) is 0 Å². The molecule has 20 heavy (non-hydrogen) atoms. The van der Waals surface area contributed by atoms with Crippen LogP contribution in [0.3, 0.4) is 0 Å². The fourth-order valence-electron chi connectivity index (χ4n) is 1.72. The summed E-state index contributed by atoms with van der Waals surface area (Å²) in [6, 6.07) is 0. The maximum atomic E-state index is 10.5. The molecule has 0 amide bonds. The summed E-state index contributed by atoms with van der Waals surface area (Å²) in [5.74, 6) is -1.60. The number of carbonyl (C=O) groups is 2. The lowest BCUT2D eigenvalue weighted by Crippen LogP contribution is -2.21. The predicted molar refractivity (Wildman–Crippen MR) is 76.0 cm³/mol. The first-order valence-corrected chi connectivity index (χ1v) is 6.92. The van der Waals surface area contributed by atoms with Crippen molar-refractivity contribution in [2.24, 2.45) is 10.2 Å². The van der Waals surface area contributed by atoms with E-state index in [0.717, 1.165) is 0 Å². The van der Waals surface area contributed by atoms with Gasteiger partial charge in [0, 0.05) is 12.8 Å². The van der Waals surface area contributed by atoms with Gasteiger partial charge in [-0.1, -0.05) is 0 Å². The van der Waals surface area contributed by atoms with E-state index in [9.17, 15) is 9.59 Å². The van der Waals surface area contributed by atoms with E-state index in [1.54, 1.807) is 0 Å². The fraction of sp³-hybridized carbons (Fsp3) is 0.857. The van der Waals surface area contributed by atoms with Crippen LogP contribution in [0.5, 0.6) is 0 Å². The van der Waals surface area contributed by atoms with E-state index in [4.69, 9.17) is 10.2 Å². The molecule has 116 valence electrons. The number of hydrogen-bond acceptors (Lipinski definition) is 4. The van der Waals surface area contributed by atoms with Gasteiger partial charge >= 0.3 is 11.9 Å². The molecule has 6 heteroatoms. The van der Waals surface area contributed by atoms with Crippen molar-refractivity contribution in [3.63, 3.8) is 0 Å². The van der Waals surface area contributed by atoms with Crippen molar-refractivity contribution in [2.45, 2.75) is 77.3 Å². The summed E-state index contributed by atoms with van der Waals surface area (Å²) in [6.45, 7) is 7.69. The van der Waals surface area contributed by atoms with E-state index >= 15 is 0 Å². The molecule has 0 saturated heterocycles. The smallest absolute Gasteiger partial charge is 0.303 e. The molecular weight excluding hydrogens is 260 g/mol. The Labute approximate surface area is 120 Å². The summed E-state index contributed by atoms with van der Waals surface area (Å²) in [6.07, 6.45) is 2.74. The van der Waals surface area contributed by atoms with Gasteiger partial charge in [-0.25, -0.2) is 0 Å². The Morgan fingerprint density at radius 1 is 0.800 bits per heavy atom. The molecule has 0 heterocycles. The highest BCUT2D eigenvalue weighted by atomic mass is 16.4. The minimum atomic E-state index is -0.799. The lowest BCUT2D eigenvalue weighted by atomic mass is 9.97. The van der Waals surface area contributed by atoms with Gasteiger partial charge in [0.1, 0.15) is 0 Å². The zero-order chi connectivity index (χ0) is 15.8. The van der Waals surface area contributed by atoms with Gasteiger partial charge in [-0.3, -0.25) is 9.59 Å². The van der Waals surface area contributed by atoms with Crippen LogP contribution in [-0.2, 0) is 9.59 Å². The van der Waals surface area contributed by atoms with Crippen LogP contribution in [0.1, 0.15) is 66.2 Å². The molecule has 0 aliphatic rings. The SMILES string of the molecule is CC(C)(CCCC(=O)O)N=NC(C)(C)CCCC(=O)O. The standard InChI is InChI=1S/C14H26N2O4/c1-13(2,9-5-7-11(17)18)15-16-14(3,4)10-6-8-12(19)20/h5-10H2,1-4H3,(H,17,18)(H,19,20). The van der Waals surface area contributed by atoms with E-state index < -0.39 is 11.9 Å². The summed E-state index contributed by atoms with van der Waals surface area (Å²) < 4.78 is 0. The van der Waals surface area contributed by atoms with Crippen LogP contribution in [-0.4, -0.2) is 33.2 Å². The maximum absolute atomic E-state index is 10.5. The molecule has 0 bridgehead atoms. The van der Waals surface area contributed by atoms with E-state index in [2.05, 4.69) is 10.2 Å². The highest BCUT2D eigenvalue weighted by Crippen LogP contribution is 2.24. The van der Waals surface area contributed by atoms with Crippen molar-refractivity contribution in [3.8, 4) is 0 Å². The molecular formula is C14H26N2O4. The molecule has 0 aromatic carbocycles. The minimum absolute atomic E-state index is 0.140. The molecule has 0 aliphatic heterocycles. The normalized spacial score (nSPS) is 12.8. The molecule has 0 aliphatic carbocycles. The third-order valence-electron chi connectivity index (χ3n) is 2.95. The van der Waals surface area contributed by atoms with Crippen molar-refractivity contribution >= 4 is 11.9 Å². The topological polar surface area (TPSA) is 99.3 Å². The number of rotatable bonds is 10. The van der Waals surface area contributed by atoms with Gasteiger partial charge in [-0.05, 0) is 53.4 Å².